The van der Waals surface area contributed by atoms with Gasteiger partial charge in [-0.15, -0.1) is 0 Å². The number of amides is 2. The van der Waals surface area contributed by atoms with E-state index in [0.717, 1.165) is 12.2 Å². The summed E-state index contributed by atoms with van der Waals surface area (Å²) >= 11 is 1.64. The summed E-state index contributed by atoms with van der Waals surface area (Å²) in [7, 11) is 1.66. The van der Waals surface area contributed by atoms with E-state index in [1.165, 1.54) is 4.90 Å². The van der Waals surface area contributed by atoms with Crippen LogP contribution in [-0.2, 0) is 4.79 Å². The van der Waals surface area contributed by atoms with Crippen LogP contribution < -0.4 is 5.32 Å². The molecular weight excluding hydrogens is 228 g/mol. The van der Waals surface area contributed by atoms with Crippen molar-refractivity contribution in [3.05, 3.63) is 0 Å². The summed E-state index contributed by atoms with van der Waals surface area (Å²) in [6.07, 6.45) is 3.14. The molecular formula is C10H20N2O3S. The fourth-order valence-electron chi connectivity index (χ4n) is 1.14. The summed E-state index contributed by atoms with van der Waals surface area (Å²) in [5.74, 6) is -0.136. The van der Waals surface area contributed by atoms with Gasteiger partial charge in [-0.05, 0) is 12.7 Å². The van der Waals surface area contributed by atoms with Gasteiger partial charge in [-0.1, -0.05) is 13.3 Å². The second-order valence-corrected chi connectivity index (χ2v) is 4.53. The fraction of sp³-hybridized carbons (Fsp3) is 0.800. The number of nitrogens with one attached hydrogen (secondary N) is 1. The van der Waals surface area contributed by atoms with Gasteiger partial charge in [-0.25, -0.2) is 9.59 Å². The number of nitrogens with zero attached hydrogens (tertiary/aromatic N) is 1. The van der Waals surface area contributed by atoms with Gasteiger partial charge in [0.15, 0.2) is 0 Å². The zero-order valence-corrected chi connectivity index (χ0v) is 10.8. The summed E-state index contributed by atoms with van der Waals surface area (Å²) < 4.78 is 0. The third-order valence-electron chi connectivity index (χ3n) is 2.15. The normalized spacial score (nSPS) is 11.9. The molecule has 0 saturated carbocycles. The Bertz CT molecular complexity index is 236. The predicted molar refractivity (Wildman–Crippen MR) is 65.9 cm³/mol. The van der Waals surface area contributed by atoms with Crippen molar-refractivity contribution in [2.45, 2.75) is 25.8 Å². The number of carboxylic acids is 1. The van der Waals surface area contributed by atoms with Crippen molar-refractivity contribution in [2.75, 3.05) is 25.6 Å². The SMILES string of the molecule is CCC[C@H](NC(=O)N(C)CCSC)C(=O)O. The van der Waals surface area contributed by atoms with Crippen LogP contribution in [0.4, 0.5) is 4.79 Å². The van der Waals surface area contributed by atoms with E-state index >= 15 is 0 Å². The minimum atomic E-state index is -0.978. The van der Waals surface area contributed by atoms with E-state index in [4.69, 9.17) is 5.11 Å². The average molecular weight is 248 g/mol. The van der Waals surface area contributed by atoms with Gasteiger partial charge >= 0.3 is 12.0 Å². The van der Waals surface area contributed by atoms with Crippen molar-refractivity contribution in [2.24, 2.45) is 0 Å². The van der Waals surface area contributed by atoms with Crippen molar-refractivity contribution in [3.63, 3.8) is 0 Å². The average Bonchev–Trinajstić information content (AvgIpc) is 2.24. The van der Waals surface area contributed by atoms with E-state index in [0.29, 0.717) is 13.0 Å². The molecule has 94 valence electrons. The molecule has 0 aliphatic heterocycles. The van der Waals surface area contributed by atoms with Crippen LogP contribution in [0.3, 0.4) is 0 Å². The molecule has 1 atom stereocenters. The first-order valence-corrected chi connectivity index (χ1v) is 6.65. The molecule has 2 N–H and O–H groups in total. The summed E-state index contributed by atoms with van der Waals surface area (Å²) in [6.45, 7) is 2.50. The van der Waals surface area contributed by atoms with Crippen molar-refractivity contribution in [3.8, 4) is 0 Å². The van der Waals surface area contributed by atoms with Crippen molar-refractivity contribution in [1.82, 2.24) is 10.2 Å². The highest BCUT2D eigenvalue weighted by atomic mass is 32.2. The van der Waals surface area contributed by atoms with Crippen LogP contribution in [0.25, 0.3) is 0 Å². The summed E-state index contributed by atoms with van der Waals surface area (Å²) in [6, 6.07) is -1.11. The number of hydrogen-bond donors (Lipinski definition) is 2. The Kier molecular flexibility index (Phi) is 7.80. The van der Waals surface area contributed by atoms with Gasteiger partial charge in [-0.2, -0.15) is 11.8 Å². The lowest BCUT2D eigenvalue weighted by Gasteiger charge is -2.20. The number of carbonyl (C=O) groups excluding carboxylic acids is 1. The van der Waals surface area contributed by atoms with E-state index in [1.54, 1.807) is 18.8 Å². The van der Waals surface area contributed by atoms with Crippen LogP contribution in [0, 0.1) is 0 Å². The van der Waals surface area contributed by atoms with Gasteiger partial charge in [-0.3, -0.25) is 0 Å². The van der Waals surface area contributed by atoms with Gasteiger partial charge in [0, 0.05) is 19.3 Å². The maximum atomic E-state index is 11.6. The Balaban J connectivity index is 4.12. The number of carboxylic acid groups (broad SMARTS) is 1. The quantitative estimate of drug-likeness (QED) is 0.711. The maximum Gasteiger partial charge on any atom is 0.326 e. The van der Waals surface area contributed by atoms with Crippen molar-refractivity contribution < 1.29 is 14.7 Å². The number of thioether (sulfide) groups is 1. The fourth-order valence-corrected chi connectivity index (χ4v) is 1.59. The highest BCUT2D eigenvalue weighted by Gasteiger charge is 2.20. The van der Waals surface area contributed by atoms with Crippen molar-refractivity contribution >= 4 is 23.8 Å². The monoisotopic (exact) mass is 248 g/mol. The Labute approximate surface area is 101 Å². The lowest BCUT2D eigenvalue weighted by molar-refractivity contribution is -0.139. The molecule has 16 heavy (non-hydrogen) atoms. The largest absolute Gasteiger partial charge is 0.480 e. The molecule has 0 unspecified atom stereocenters. The van der Waals surface area contributed by atoms with Crippen LogP contribution >= 0.6 is 11.8 Å². The third-order valence-corrected chi connectivity index (χ3v) is 2.74. The molecule has 0 heterocycles. The Hall–Kier alpha value is -0.910. The van der Waals surface area contributed by atoms with Crippen LogP contribution in [0.1, 0.15) is 19.8 Å². The zero-order valence-electron chi connectivity index (χ0n) is 10.0. The lowest BCUT2D eigenvalue weighted by atomic mass is 10.2. The Morgan fingerprint density at radius 1 is 1.50 bits per heavy atom. The van der Waals surface area contributed by atoms with Crippen LogP contribution in [0.5, 0.6) is 0 Å². The predicted octanol–water partition coefficient (Wildman–Crippen LogP) is 1.24. The van der Waals surface area contributed by atoms with E-state index in [2.05, 4.69) is 5.32 Å². The first-order chi connectivity index (χ1) is 7.52. The number of aliphatic carboxylic acids is 1. The molecule has 0 rings (SSSR count). The molecule has 0 aromatic carbocycles. The van der Waals surface area contributed by atoms with Gasteiger partial charge in [0.25, 0.3) is 0 Å². The zero-order chi connectivity index (χ0) is 12.6. The third kappa shape index (κ3) is 5.85. The first-order valence-electron chi connectivity index (χ1n) is 5.26. The van der Waals surface area contributed by atoms with Crippen LogP contribution in [0.2, 0.25) is 0 Å². The molecule has 0 bridgehead atoms. The molecule has 0 fully saturated rings. The minimum absolute atomic E-state index is 0.324. The number of hydrogen-bond acceptors (Lipinski definition) is 3. The second kappa shape index (κ2) is 8.27. The topological polar surface area (TPSA) is 69.6 Å². The van der Waals surface area contributed by atoms with E-state index in [-0.39, 0.29) is 6.03 Å². The van der Waals surface area contributed by atoms with E-state index in [9.17, 15) is 9.59 Å². The summed E-state index contributed by atoms with van der Waals surface area (Å²) in [5.41, 5.74) is 0. The highest BCUT2D eigenvalue weighted by Crippen LogP contribution is 1.99. The molecule has 0 aliphatic rings. The maximum absolute atomic E-state index is 11.6. The summed E-state index contributed by atoms with van der Waals surface area (Å²) in [5, 5.41) is 11.4. The standard InChI is InChI=1S/C10H20N2O3S/c1-4-5-8(9(13)14)11-10(15)12(2)6-7-16-3/h8H,4-7H2,1-3H3,(H,11,15)(H,13,14)/t8-/m0/s1. The molecule has 0 saturated heterocycles. The molecule has 6 heteroatoms. The molecule has 0 aliphatic carbocycles. The smallest absolute Gasteiger partial charge is 0.326 e. The Morgan fingerprint density at radius 3 is 2.56 bits per heavy atom. The lowest BCUT2D eigenvalue weighted by Crippen LogP contribution is -2.47. The van der Waals surface area contributed by atoms with E-state index < -0.39 is 12.0 Å². The molecule has 0 aromatic rings. The second-order valence-electron chi connectivity index (χ2n) is 3.54. The molecule has 0 radical (unpaired) electrons. The molecule has 0 spiro atoms. The highest BCUT2D eigenvalue weighted by molar-refractivity contribution is 7.98. The van der Waals surface area contributed by atoms with Gasteiger partial charge < -0.3 is 15.3 Å². The Morgan fingerprint density at radius 2 is 2.12 bits per heavy atom. The van der Waals surface area contributed by atoms with E-state index in [1.807, 2.05) is 13.2 Å². The number of rotatable bonds is 7. The first kappa shape index (κ1) is 15.1. The van der Waals surface area contributed by atoms with Crippen LogP contribution in [0.15, 0.2) is 0 Å². The number of carbonyl (C=O) groups is 2. The minimum Gasteiger partial charge on any atom is -0.480 e. The summed E-state index contributed by atoms with van der Waals surface area (Å²) in [4.78, 5) is 23.9. The van der Waals surface area contributed by atoms with Crippen molar-refractivity contribution in [1.29, 1.82) is 0 Å². The van der Waals surface area contributed by atoms with Crippen LogP contribution in [-0.4, -0.2) is 53.6 Å². The molecule has 5 nitrogen and oxygen atoms in total. The molecule has 0 aromatic heterocycles. The van der Waals surface area contributed by atoms with Gasteiger partial charge in [0.05, 0.1) is 0 Å². The van der Waals surface area contributed by atoms with Gasteiger partial charge in [0.2, 0.25) is 0 Å². The number of urea groups is 1. The van der Waals surface area contributed by atoms with Gasteiger partial charge in [0.1, 0.15) is 6.04 Å². The molecule has 2 amide bonds.